The number of benzene rings is 2. The smallest absolute Gasteiger partial charge is 0.306 e. The van der Waals surface area contributed by atoms with Crippen LogP contribution in [-0.2, 0) is 21.1 Å². The number of sulfone groups is 1. The van der Waals surface area contributed by atoms with Gasteiger partial charge >= 0.3 is 5.69 Å². The van der Waals surface area contributed by atoms with Gasteiger partial charge in [0.1, 0.15) is 9.96 Å². The first-order valence-electron chi connectivity index (χ1n) is 9.18. The molecule has 0 spiro atoms. The monoisotopic (exact) mass is 508 g/mol. The van der Waals surface area contributed by atoms with E-state index in [9.17, 15) is 22.8 Å². The Labute approximate surface area is 195 Å². The third-order valence-corrected chi connectivity index (χ3v) is 8.39. The number of carbonyl (C=O) groups is 1. The van der Waals surface area contributed by atoms with Crippen LogP contribution >= 0.6 is 34.5 Å². The van der Waals surface area contributed by atoms with Crippen molar-refractivity contribution in [2.75, 3.05) is 5.75 Å². The fourth-order valence-corrected chi connectivity index (χ4v) is 6.19. The zero-order chi connectivity index (χ0) is 23.0. The molecular formula is C21H14Cl2N2O5S2. The van der Waals surface area contributed by atoms with Crippen molar-refractivity contribution in [3.8, 4) is 5.69 Å². The van der Waals surface area contributed by atoms with Crippen molar-refractivity contribution in [3.05, 3.63) is 90.4 Å². The molecule has 0 bridgehead atoms. The van der Waals surface area contributed by atoms with Gasteiger partial charge in [-0.3, -0.25) is 9.59 Å². The Balaban J connectivity index is 1.57. The molecule has 2 heterocycles. The van der Waals surface area contributed by atoms with E-state index >= 15 is 0 Å². The van der Waals surface area contributed by atoms with Gasteiger partial charge in [-0.1, -0.05) is 35.3 Å². The van der Waals surface area contributed by atoms with Crippen molar-refractivity contribution in [2.45, 2.75) is 10.6 Å². The second kappa shape index (κ2) is 8.67. The van der Waals surface area contributed by atoms with Crippen molar-refractivity contribution in [1.82, 2.24) is 9.55 Å². The van der Waals surface area contributed by atoms with Gasteiger partial charge in [0.2, 0.25) is 0 Å². The highest BCUT2D eigenvalue weighted by Crippen LogP contribution is 2.26. The maximum atomic E-state index is 12.8. The SMILES string of the molecule is O=C(Cc1ccc(-n2c(=O)[nH]c3ccc(Cl)cc3c2=O)cc1)CS(=O)(=O)c1ccc(Cl)s1. The lowest BCUT2D eigenvalue weighted by Gasteiger charge is -2.08. The zero-order valence-corrected chi connectivity index (χ0v) is 19.3. The Morgan fingerprint density at radius 3 is 2.38 bits per heavy atom. The molecule has 4 rings (SSSR count). The number of Topliss-reactive ketones (excluding diaryl/α,β-unsaturated/α-hetero) is 1. The highest BCUT2D eigenvalue weighted by atomic mass is 35.5. The van der Waals surface area contributed by atoms with Crippen molar-refractivity contribution < 1.29 is 13.2 Å². The maximum absolute atomic E-state index is 12.8. The molecule has 0 fully saturated rings. The minimum absolute atomic E-state index is 0.0428. The molecule has 32 heavy (non-hydrogen) atoms. The number of thiophene rings is 1. The van der Waals surface area contributed by atoms with Gasteiger partial charge < -0.3 is 4.98 Å². The van der Waals surface area contributed by atoms with E-state index in [0.29, 0.717) is 26.1 Å². The average molecular weight is 509 g/mol. The van der Waals surface area contributed by atoms with Gasteiger partial charge in [-0.05, 0) is 48.0 Å². The van der Waals surface area contributed by atoms with E-state index in [4.69, 9.17) is 23.2 Å². The molecule has 0 aliphatic carbocycles. The number of halogens is 2. The van der Waals surface area contributed by atoms with Crippen LogP contribution < -0.4 is 11.2 Å². The summed E-state index contributed by atoms with van der Waals surface area (Å²) in [5, 5.41) is 0.622. The van der Waals surface area contributed by atoms with E-state index in [1.165, 1.54) is 30.3 Å². The highest BCUT2D eigenvalue weighted by Gasteiger charge is 2.21. The highest BCUT2D eigenvalue weighted by molar-refractivity contribution is 7.94. The number of hydrogen-bond acceptors (Lipinski definition) is 6. The molecule has 164 valence electrons. The Morgan fingerprint density at radius 2 is 1.72 bits per heavy atom. The first kappa shape index (κ1) is 22.5. The van der Waals surface area contributed by atoms with E-state index in [2.05, 4.69) is 4.98 Å². The van der Waals surface area contributed by atoms with Crippen LogP contribution in [0.15, 0.2) is 68.4 Å². The van der Waals surface area contributed by atoms with Crippen LogP contribution in [0.1, 0.15) is 5.56 Å². The summed E-state index contributed by atoms with van der Waals surface area (Å²) in [6.45, 7) is 0. The minimum Gasteiger partial charge on any atom is -0.306 e. The lowest BCUT2D eigenvalue weighted by Crippen LogP contribution is -2.33. The Morgan fingerprint density at radius 1 is 1.00 bits per heavy atom. The van der Waals surface area contributed by atoms with Gasteiger partial charge in [0, 0.05) is 11.4 Å². The van der Waals surface area contributed by atoms with E-state index in [1.807, 2.05) is 0 Å². The van der Waals surface area contributed by atoms with E-state index in [0.717, 1.165) is 15.9 Å². The van der Waals surface area contributed by atoms with Gasteiger partial charge in [0.15, 0.2) is 15.6 Å². The average Bonchev–Trinajstić information content (AvgIpc) is 3.17. The summed E-state index contributed by atoms with van der Waals surface area (Å²) in [4.78, 5) is 40.2. The number of aromatic nitrogens is 2. The van der Waals surface area contributed by atoms with Crippen LogP contribution in [0.5, 0.6) is 0 Å². The molecule has 0 unspecified atom stereocenters. The molecule has 0 amide bonds. The van der Waals surface area contributed by atoms with Crippen LogP contribution in [0, 0.1) is 0 Å². The van der Waals surface area contributed by atoms with Gasteiger partial charge in [-0.25, -0.2) is 17.8 Å². The summed E-state index contributed by atoms with van der Waals surface area (Å²) in [5.41, 5.74) is 0.0721. The summed E-state index contributed by atoms with van der Waals surface area (Å²) >= 11 is 12.6. The van der Waals surface area contributed by atoms with Gasteiger partial charge in [-0.2, -0.15) is 0 Å². The molecule has 2 aromatic carbocycles. The molecule has 0 aliphatic heterocycles. The molecule has 4 aromatic rings. The van der Waals surface area contributed by atoms with Gasteiger partial charge in [-0.15, -0.1) is 11.3 Å². The Kier molecular flexibility index (Phi) is 6.09. The van der Waals surface area contributed by atoms with Gasteiger partial charge in [0.05, 0.1) is 20.9 Å². The number of rotatable bonds is 6. The standard InChI is InChI=1S/C21H14Cl2N2O5S2/c22-13-3-6-17-16(10-13)20(27)25(21(28)24-17)14-4-1-12(2-5-14)9-15(26)11-32(29,30)19-8-7-18(23)31-19/h1-8,10H,9,11H2,(H,24,28). The lowest BCUT2D eigenvalue weighted by atomic mass is 10.1. The molecule has 0 radical (unpaired) electrons. The summed E-state index contributed by atoms with van der Waals surface area (Å²) in [6, 6.07) is 13.6. The number of carbonyl (C=O) groups excluding carboxylic acids is 1. The maximum Gasteiger partial charge on any atom is 0.333 e. The number of ketones is 1. The predicted molar refractivity (Wildman–Crippen MR) is 125 cm³/mol. The molecule has 0 atom stereocenters. The molecule has 2 aromatic heterocycles. The summed E-state index contributed by atoms with van der Waals surface area (Å²) in [5.74, 6) is -1.13. The van der Waals surface area contributed by atoms with Crippen molar-refractivity contribution in [1.29, 1.82) is 0 Å². The molecule has 0 saturated heterocycles. The topological polar surface area (TPSA) is 106 Å². The molecule has 7 nitrogen and oxygen atoms in total. The number of nitrogens with zero attached hydrogens (tertiary/aromatic N) is 1. The van der Waals surface area contributed by atoms with Gasteiger partial charge in [0.25, 0.3) is 5.56 Å². The first-order valence-corrected chi connectivity index (χ1v) is 12.4. The second-order valence-electron chi connectivity index (χ2n) is 6.96. The molecule has 11 heteroatoms. The molecule has 0 aliphatic rings. The van der Waals surface area contributed by atoms with Crippen LogP contribution in [0.2, 0.25) is 9.36 Å². The van der Waals surface area contributed by atoms with Crippen LogP contribution in [0.3, 0.4) is 0 Å². The predicted octanol–water partition coefficient (Wildman–Crippen LogP) is 3.63. The van der Waals surface area contributed by atoms with Crippen LogP contribution in [0.4, 0.5) is 0 Å². The van der Waals surface area contributed by atoms with Crippen LogP contribution in [-0.4, -0.2) is 29.5 Å². The Bertz CT molecular complexity index is 1570. The minimum atomic E-state index is -3.76. The number of nitrogens with one attached hydrogen (secondary N) is 1. The van der Waals surface area contributed by atoms with Crippen LogP contribution in [0.25, 0.3) is 16.6 Å². The third-order valence-electron chi connectivity index (χ3n) is 4.66. The molecule has 0 saturated carbocycles. The summed E-state index contributed by atoms with van der Waals surface area (Å²) < 4.78 is 26.0. The molecule has 1 N–H and O–H groups in total. The van der Waals surface area contributed by atoms with Crippen molar-refractivity contribution in [2.24, 2.45) is 0 Å². The Hall–Kier alpha value is -2.72. The number of H-pyrrole nitrogens is 1. The zero-order valence-electron chi connectivity index (χ0n) is 16.2. The lowest BCUT2D eigenvalue weighted by molar-refractivity contribution is -0.116. The second-order valence-corrected chi connectivity index (χ2v) is 11.3. The fraction of sp³-hybridized carbons (Fsp3) is 0.0952. The van der Waals surface area contributed by atoms with E-state index < -0.39 is 32.6 Å². The number of aromatic amines is 1. The normalized spacial score (nSPS) is 11.7. The van der Waals surface area contributed by atoms with E-state index in [1.54, 1.807) is 24.3 Å². The number of hydrogen-bond donors (Lipinski definition) is 1. The molecular weight excluding hydrogens is 495 g/mol. The van der Waals surface area contributed by atoms with E-state index in [-0.39, 0.29) is 16.0 Å². The van der Waals surface area contributed by atoms with Crippen molar-refractivity contribution in [3.63, 3.8) is 0 Å². The summed E-state index contributed by atoms with van der Waals surface area (Å²) in [6.07, 6.45) is -0.114. The summed E-state index contributed by atoms with van der Waals surface area (Å²) in [7, 11) is -3.76. The first-order chi connectivity index (χ1) is 15.1. The fourth-order valence-electron chi connectivity index (χ4n) is 3.21. The quantitative estimate of drug-likeness (QED) is 0.427. The van der Waals surface area contributed by atoms with Crippen molar-refractivity contribution >= 4 is 61.1 Å². The number of fused-ring (bicyclic) bond motifs is 1. The third kappa shape index (κ3) is 4.56. The largest absolute Gasteiger partial charge is 0.333 e.